The number of methoxy groups -OCH3 is 1. The van der Waals surface area contributed by atoms with Crippen LogP contribution in [0.3, 0.4) is 0 Å². The van der Waals surface area contributed by atoms with Crippen molar-refractivity contribution in [1.82, 2.24) is 10.3 Å². The van der Waals surface area contributed by atoms with Gasteiger partial charge in [0.05, 0.1) is 7.11 Å². The van der Waals surface area contributed by atoms with Gasteiger partial charge in [-0.3, -0.25) is 4.79 Å². The molecule has 5 heteroatoms. The monoisotopic (exact) mass is 271 g/mol. The van der Waals surface area contributed by atoms with Gasteiger partial charge in [0.15, 0.2) is 0 Å². The Balaban J connectivity index is 1.99. The summed E-state index contributed by atoms with van der Waals surface area (Å²) in [5.74, 6) is 0.267. The summed E-state index contributed by atoms with van der Waals surface area (Å²) in [5, 5.41) is 2.79. The van der Waals surface area contributed by atoms with E-state index in [1.54, 1.807) is 19.4 Å². The van der Waals surface area contributed by atoms with Gasteiger partial charge in [-0.1, -0.05) is 36.4 Å². The minimum absolute atomic E-state index is 0.234. The number of nitrogens with one attached hydrogen (secondary N) is 1. The molecule has 0 saturated heterocycles. The van der Waals surface area contributed by atoms with Crippen LogP contribution in [0.1, 0.15) is 17.2 Å². The Morgan fingerprint density at radius 3 is 2.75 bits per heavy atom. The van der Waals surface area contributed by atoms with E-state index < -0.39 is 6.04 Å². The second-order valence-electron chi connectivity index (χ2n) is 4.28. The molecule has 0 bridgehead atoms. The Bertz CT molecular complexity index is 572. The average Bonchev–Trinajstić information content (AvgIpc) is 2.53. The van der Waals surface area contributed by atoms with Gasteiger partial charge in [0.2, 0.25) is 11.8 Å². The van der Waals surface area contributed by atoms with Crippen LogP contribution in [0.15, 0.2) is 48.7 Å². The summed E-state index contributed by atoms with van der Waals surface area (Å²) >= 11 is 0. The van der Waals surface area contributed by atoms with Gasteiger partial charge in [0.1, 0.15) is 6.04 Å². The summed E-state index contributed by atoms with van der Waals surface area (Å²) in [6.45, 7) is 0.330. The van der Waals surface area contributed by atoms with Crippen LogP contribution in [0.4, 0.5) is 0 Å². The number of rotatable bonds is 5. The zero-order valence-electron chi connectivity index (χ0n) is 11.2. The van der Waals surface area contributed by atoms with Gasteiger partial charge in [-0.15, -0.1) is 0 Å². The zero-order valence-corrected chi connectivity index (χ0v) is 11.2. The van der Waals surface area contributed by atoms with E-state index in [9.17, 15) is 4.79 Å². The zero-order chi connectivity index (χ0) is 14.4. The molecule has 0 unspecified atom stereocenters. The third-order valence-electron chi connectivity index (χ3n) is 2.94. The van der Waals surface area contributed by atoms with E-state index in [4.69, 9.17) is 10.5 Å². The maximum atomic E-state index is 12.0. The van der Waals surface area contributed by atoms with E-state index in [0.29, 0.717) is 12.4 Å². The van der Waals surface area contributed by atoms with E-state index in [1.165, 1.54) is 0 Å². The summed E-state index contributed by atoms with van der Waals surface area (Å²) in [6.07, 6.45) is 1.64. The van der Waals surface area contributed by atoms with Crippen molar-refractivity contribution < 1.29 is 9.53 Å². The highest BCUT2D eigenvalue weighted by molar-refractivity contribution is 5.82. The molecule has 0 radical (unpaired) electrons. The molecule has 0 aliphatic rings. The molecule has 2 aromatic rings. The third-order valence-corrected chi connectivity index (χ3v) is 2.94. The van der Waals surface area contributed by atoms with Crippen molar-refractivity contribution in [3.63, 3.8) is 0 Å². The van der Waals surface area contributed by atoms with E-state index in [0.717, 1.165) is 11.1 Å². The van der Waals surface area contributed by atoms with Crippen LogP contribution >= 0.6 is 0 Å². The number of hydrogen-bond donors (Lipinski definition) is 2. The van der Waals surface area contributed by atoms with Crippen LogP contribution in [0, 0.1) is 0 Å². The first-order valence-electron chi connectivity index (χ1n) is 6.28. The maximum Gasteiger partial charge on any atom is 0.241 e. The van der Waals surface area contributed by atoms with Crippen molar-refractivity contribution >= 4 is 5.91 Å². The number of ether oxygens (including phenoxy) is 1. The van der Waals surface area contributed by atoms with Crippen LogP contribution in [0.5, 0.6) is 5.88 Å². The molecule has 0 saturated carbocycles. The second kappa shape index (κ2) is 6.68. The summed E-state index contributed by atoms with van der Waals surface area (Å²) < 4.78 is 5.13. The van der Waals surface area contributed by atoms with Gasteiger partial charge in [-0.2, -0.15) is 0 Å². The molecule has 0 aliphatic carbocycles. The van der Waals surface area contributed by atoms with Gasteiger partial charge in [-0.25, -0.2) is 4.98 Å². The fourth-order valence-corrected chi connectivity index (χ4v) is 1.85. The fraction of sp³-hybridized carbons (Fsp3) is 0.200. The molecule has 1 atom stereocenters. The highest BCUT2D eigenvalue weighted by Gasteiger charge is 2.15. The molecular weight excluding hydrogens is 254 g/mol. The van der Waals surface area contributed by atoms with Gasteiger partial charge in [0, 0.05) is 18.3 Å². The molecule has 20 heavy (non-hydrogen) atoms. The summed E-state index contributed by atoms with van der Waals surface area (Å²) in [5.41, 5.74) is 7.50. The quantitative estimate of drug-likeness (QED) is 0.862. The first-order valence-corrected chi connectivity index (χ1v) is 6.28. The molecule has 0 aliphatic heterocycles. The molecule has 0 fully saturated rings. The number of nitrogens with zero attached hydrogens (tertiary/aromatic N) is 1. The molecule has 1 amide bonds. The lowest BCUT2D eigenvalue weighted by Crippen LogP contribution is -2.33. The standard InChI is InChI=1S/C15H17N3O2/c1-20-15-12(8-5-9-17-15)10-18-14(19)13(16)11-6-3-2-4-7-11/h2-9,13H,10,16H2,1H3,(H,18,19)/t13-/m1/s1. The maximum absolute atomic E-state index is 12.0. The normalized spacial score (nSPS) is 11.7. The SMILES string of the molecule is COc1ncccc1CNC(=O)[C@H](N)c1ccccc1. The van der Waals surface area contributed by atoms with Crippen molar-refractivity contribution in [2.24, 2.45) is 5.73 Å². The van der Waals surface area contributed by atoms with E-state index >= 15 is 0 Å². The highest BCUT2D eigenvalue weighted by atomic mass is 16.5. The molecular formula is C15H17N3O2. The Hall–Kier alpha value is -2.40. The summed E-state index contributed by atoms with van der Waals surface area (Å²) in [6, 6.07) is 12.2. The van der Waals surface area contributed by atoms with Crippen LogP contribution in [0.2, 0.25) is 0 Å². The van der Waals surface area contributed by atoms with Crippen molar-refractivity contribution in [2.75, 3.05) is 7.11 Å². The van der Waals surface area contributed by atoms with Gasteiger partial charge < -0.3 is 15.8 Å². The number of benzene rings is 1. The molecule has 1 heterocycles. The number of pyridine rings is 1. The number of nitrogens with two attached hydrogens (primary N) is 1. The Morgan fingerprint density at radius 1 is 1.30 bits per heavy atom. The Morgan fingerprint density at radius 2 is 2.05 bits per heavy atom. The molecule has 1 aromatic carbocycles. The van der Waals surface area contributed by atoms with Crippen molar-refractivity contribution in [3.05, 3.63) is 59.8 Å². The third kappa shape index (κ3) is 3.33. The first-order chi connectivity index (χ1) is 9.72. The number of aromatic nitrogens is 1. The molecule has 5 nitrogen and oxygen atoms in total. The van der Waals surface area contributed by atoms with Gasteiger partial charge >= 0.3 is 0 Å². The molecule has 0 spiro atoms. The van der Waals surface area contributed by atoms with Gasteiger partial charge in [-0.05, 0) is 11.6 Å². The second-order valence-corrected chi connectivity index (χ2v) is 4.28. The lowest BCUT2D eigenvalue weighted by Gasteiger charge is -2.13. The molecule has 1 aromatic heterocycles. The number of hydrogen-bond acceptors (Lipinski definition) is 4. The highest BCUT2D eigenvalue weighted by Crippen LogP contribution is 2.14. The van der Waals surface area contributed by atoms with Crippen LogP contribution in [-0.2, 0) is 11.3 Å². The fourth-order valence-electron chi connectivity index (χ4n) is 1.85. The van der Waals surface area contributed by atoms with Crippen LogP contribution in [-0.4, -0.2) is 18.0 Å². The summed E-state index contributed by atoms with van der Waals surface area (Å²) in [4.78, 5) is 16.1. The molecule has 2 rings (SSSR count). The predicted molar refractivity (Wildman–Crippen MR) is 76.0 cm³/mol. The average molecular weight is 271 g/mol. The molecule has 104 valence electrons. The summed E-state index contributed by atoms with van der Waals surface area (Å²) in [7, 11) is 1.54. The van der Waals surface area contributed by atoms with Crippen LogP contribution < -0.4 is 15.8 Å². The van der Waals surface area contributed by atoms with Crippen molar-refractivity contribution in [3.8, 4) is 5.88 Å². The lowest BCUT2D eigenvalue weighted by molar-refractivity contribution is -0.122. The molecule has 3 N–H and O–H groups in total. The number of carbonyl (C=O) groups excluding carboxylic acids is 1. The minimum atomic E-state index is -0.682. The Kier molecular flexibility index (Phi) is 4.68. The van der Waals surface area contributed by atoms with E-state index in [-0.39, 0.29) is 5.91 Å². The van der Waals surface area contributed by atoms with E-state index in [2.05, 4.69) is 10.3 Å². The van der Waals surface area contributed by atoms with Crippen molar-refractivity contribution in [2.45, 2.75) is 12.6 Å². The Labute approximate surface area is 117 Å². The predicted octanol–water partition coefficient (Wildman–Crippen LogP) is 1.41. The largest absolute Gasteiger partial charge is 0.481 e. The van der Waals surface area contributed by atoms with Gasteiger partial charge in [0.25, 0.3) is 0 Å². The smallest absolute Gasteiger partial charge is 0.241 e. The van der Waals surface area contributed by atoms with Crippen molar-refractivity contribution in [1.29, 1.82) is 0 Å². The number of amides is 1. The number of carbonyl (C=O) groups is 1. The lowest BCUT2D eigenvalue weighted by atomic mass is 10.1. The topological polar surface area (TPSA) is 77.2 Å². The van der Waals surface area contributed by atoms with Crippen LogP contribution in [0.25, 0.3) is 0 Å². The van der Waals surface area contributed by atoms with E-state index in [1.807, 2.05) is 36.4 Å². The first kappa shape index (κ1) is 14.0. The minimum Gasteiger partial charge on any atom is -0.481 e.